The molecule has 4 heteroatoms. The summed E-state index contributed by atoms with van der Waals surface area (Å²) in [5.41, 5.74) is 3.78. The van der Waals surface area contributed by atoms with Gasteiger partial charge in [-0.05, 0) is 29.8 Å². The molecule has 3 aromatic rings. The summed E-state index contributed by atoms with van der Waals surface area (Å²) in [6.45, 7) is 1.88. The molecule has 0 unspecified atom stereocenters. The van der Waals surface area contributed by atoms with E-state index in [1.54, 1.807) is 0 Å². The minimum absolute atomic E-state index is 0.186. The van der Waals surface area contributed by atoms with Crippen LogP contribution < -0.4 is 5.32 Å². The highest BCUT2D eigenvalue weighted by atomic mass is 79.9. The maximum absolute atomic E-state index is 9.78. The van der Waals surface area contributed by atoms with E-state index in [9.17, 15) is 5.11 Å². The quantitative estimate of drug-likeness (QED) is 0.731. The van der Waals surface area contributed by atoms with Gasteiger partial charge in [0.2, 0.25) is 0 Å². The number of aromatic nitrogens is 1. The molecule has 1 aromatic heterocycles. The van der Waals surface area contributed by atoms with Gasteiger partial charge in [-0.1, -0.05) is 46.3 Å². The summed E-state index contributed by atoms with van der Waals surface area (Å²) in [4.78, 5) is 0. The van der Waals surface area contributed by atoms with Gasteiger partial charge in [0.1, 0.15) is 0 Å². The lowest BCUT2D eigenvalue weighted by atomic mass is 10.0. The van der Waals surface area contributed by atoms with Gasteiger partial charge in [-0.15, -0.1) is 0 Å². The van der Waals surface area contributed by atoms with E-state index in [-0.39, 0.29) is 18.6 Å². The highest BCUT2D eigenvalue weighted by molar-refractivity contribution is 9.10. The van der Waals surface area contributed by atoms with Gasteiger partial charge in [0.05, 0.1) is 6.04 Å². The lowest BCUT2D eigenvalue weighted by Crippen LogP contribution is -2.27. The molecular formula is C19H19BrN2O. The number of rotatable bonds is 4. The van der Waals surface area contributed by atoms with Gasteiger partial charge in [-0.25, -0.2) is 0 Å². The molecule has 118 valence electrons. The third-order valence-electron chi connectivity index (χ3n) is 4.71. The van der Waals surface area contributed by atoms with Crippen molar-refractivity contribution in [2.24, 2.45) is 5.92 Å². The Morgan fingerprint density at radius 1 is 1.13 bits per heavy atom. The Labute approximate surface area is 144 Å². The number of nitrogens with zero attached hydrogens (tertiary/aromatic N) is 1. The summed E-state index contributed by atoms with van der Waals surface area (Å²) in [5, 5.41) is 14.7. The van der Waals surface area contributed by atoms with E-state index in [2.05, 4.69) is 74.3 Å². The van der Waals surface area contributed by atoms with E-state index >= 15 is 0 Å². The first kappa shape index (κ1) is 14.9. The highest BCUT2D eigenvalue weighted by Crippen LogP contribution is 2.37. The van der Waals surface area contributed by atoms with Crippen LogP contribution in [-0.2, 0) is 13.1 Å². The van der Waals surface area contributed by atoms with Crippen LogP contribution in [0.1, 0.15) is 17.3 Å². The highest BCUT2D eigenvalue weighted by Gasteiger charge is 2.33. The van der Waals surface area contributed by atoms with Crippen LogP contribution in [0.25, 0.3) is 10.9 Å². The molecule has 2 N–H and O–H groups in total. The summed E-state index contributed by atoms with van der Waals surface area (Å²) in [5.74, 6) is 0.224. The molecule has 0 aliphatic carbocycles. The van der Waals surface area contributed by atoms with Crippen LogP contribution in [0.2, 0.25) is 0 Å². The second kappa shape index (κ2) is 6.11. The Hall–Kier alpha value is -1.62. The molecule has 0 amide bonds. The van der Waals surface area contributed by atoms with Crippen LogP contribution in [0, 0.1) is 5.92 Å². The molecule has 0 fully saturated rings. The van der Waals surface area contributed by atoms with Crippen molar-refractivity contribution in [1.82, 2.24) is 9.88 Å². The number of aliphatic hydroxyl groups is 1. The summed E-state index contributed by atoms with van der Waals surface area (Å²) in [6.07, 6.45) is 0. The molecule has 0 spiro atoms. The zero-order valence-corrected chi connectivity index (χ0v) is 14.3. The normalized spacial score (nSPS) is 20.1. The Balaban J connectivity index is 1.65. The minimum Gasteiger partial charge on any atom is -0.396 e. The number of benzene rings is 2. The van der Waals surface area contributed by atoms with Gasteiger partial charge in [-0.3, -0.25) is 0 Å². The number of halogens is 1. The van der Waals surface area contributed by atoms with Gasteiger partial charge in [-0.2, -0.15) is 0 Å². The van der Waals surface area contributed by atoms with Crippen molar-refractivity contribution in [2.45, 2.75) is 19.1 Å². The van der Waals surface area contributed by atoms with Crippen LogP contribution in [0.4, 0.5) is 0 Å². The molecule has 4 rings (SSSR count). The second-order valence-electron chi connectivity index (χ2n) is 6.17. The zero-order valence-electron chi connectivity index (χ0n) is 12.7. The first-order chi connectivity index (χ1) is 11.3. The minimum atomic E-state index is 0.186. The summed E-state index contributed by atoms with van der Waals surface area (Å²) >= 11 is 3.54. The number of fused-ring (bicyclic) bond motifs is 3. The molecule has 1 aliphatic heterocycles. The molecule has 1 aliphatic rings. The van der Waals surface area contributed by atoms with Crippen LogP contribution in [0.15, 0.2) is 59.1 Å². The predicted molar refractivity (Wildman–Crippen MR) is 96.2 cm³/mol. The Bertz CT molecular complexity index is 828. The molecule has 23 heavy (non-hydrogen) atoms. The number of nitrogens with one attached hydrogen (secondary N) is 1. The lowest BCUT2D eigenvalue weighted by molar-refractivity contribution is 0.194. The number of hydrogen-bond acceptors (Lipinski definition) is 2. The van der Waals surface area contributed by atoms with Crippen LogP contribution in [0.5, 0.6) is 0 Å². The van der Waals surface area contributed by atoms with Crippen LogP contribution in [0.3, 0.4) is 0 Å². The SMILES string of the molecule is OC[C@H]1Cn2c(cc3cc(Br)ccc32)[C@H]1NCc1ccccc1. The molecule has 3 nitrogen and oxygen atoms in total. The van der Waals surface area contributed by atoms with Crippen molar-refractivity contribution in [3.63, 3.8) is 0 Å². The second-order valence-corrected chi connectivity index (χ2v) is 7.09. The van der Waals surface area contributed by atoms with Crippen molar-refractivity contribution in [2.75, 3.05) is 6.61 Å². The van der Waals surface area contributed by atoms with Crippen LogP contribution in [-0.4, -0.2) is 16.3 Å². The van der Waals surface area contributed by atoms with E-state index in [1.807, 2.05) is 6.07 Å². The fourth-order valence-corrected chi connectivity index (χ4v) is 3.94. The van der Waals surface area contributed by atoms with E-state index in [4.69, 9.17) is 0 Å². The van der Waals surface area contributed by atoms with Crippen molar-refractivity contribution in [1.29, 1.82) is 0 Å². The monoisotopic (exact) mass is 370 g/mol. The Morgan fingerprint density at radius 3 is 2.74 bits per heavy atom. The van der Waals surface area contributed by atoms with Gasteiger partial charge in [0.15, 0.2) is 0 Å². The third kappa shape index (κ3) is 2.71. The molecular weight excluding hydrogens is 352 g/mol. The van der Waals surface area contributed by atoms with E-state index in [0.717, 1.165) is 17.6 Å². The Kier molecular flexibility index (Phi) is 3.97. The summed E-state index contributed by atoms with van der Waals surface area (Å²) < 4.78 is 3.44. The van der Waals surface area contributed by atoms with Gasteiger partial charge in [0.25, 0.3) is 0 Å². The topological polar surface area (TPSA) is 37.2 Å². The first-order valence-corrected chi connectivity index (χ1v) is 8.72. The molecule has 0 saturated heterocycles. The molecule has 0 radical (unpaired) electrons. The fourth-order valence-electron chi connectivity index (χ4n) is 3.56. The number of aliphatic hydroxyl groups excluding tert-OH is 1. The predicted octanol–water partition coefficient (Wildman–Crippen LogP) is 3.86. The molecule has 0 bridgehead atoms. The van der Waals surface area contributed by atoms with Crippen molar-refractivity contribution < 1.29 is 5.11 Å². The molecule has 2 aromatic carbocycles. The Morgan fingerprint density at radius 2 is 1.96 bits per heavy atom. The average Bonchev–Trinajstić information content (AvgIpc) is 3.08. The van der Waals surface area contributed by atoms with Crippen molar-refractivity contribution in [3.8, 4) is 0 Å². The van der Waals surface area contributed by atoms with E-state index < -0.39 is 0 Å². The van der Waals surface area contributed by atoms with Crippen LogP contribution >= 0.6 is 15.9 Å². The summed E-state index contributed by atoms with van der Waals surface area (Å²) in [6, 6.07) is 19.2. The van der Waals surface area contributed by atoms with Crippen molar-refractivity contribution >= 4 is 26.8 Å². The third-order valence-corrected chi connectivity index (χ3v) is 5.20. The smallest absolute Gasteiger partial charge is 0.0545 e. The van der Waals surface area contributed by atoms with Gasteiger partial charge >= 0.3 is 0 Å². The summed E-state index contributed by atoms with van der Waals surface area (Å²) in [7, 11) is 0. The first-order valence-electron chi connectivity index (χ1n) is 7.93. The molecule has 2 heterocycles. The van der Waals surface area contributed by atoms with Gasteiger partial charge in [0, 0.05) is 46.7 Å². The lowest BCUT2D eigenvalue weighted by Gasteiger charge is -2.19. The standard InChI is InChI=1S/C19H19BrN2O/c20-16-6-7-17-14(8-16)9-18-19(15(12-23)11-22(17)18)21-10-13-4-2-1-3-5-13/h1-9,15,19,21,23H,10-12H2/t15-,19+/m1/s1. The maximum Gasteiger partial charge on any atom is 0.0545 e. The molecule has 2 atom stereocenters. The fraction of sp³-hybridized carbons (Fsp3) is 0.263. The zero-order chi connectivity index (χ0) is 15.8. The van der Waals surface area contributed by atoms with Crippen molar-refractivity contribution in [3.05, 3.63) is 70.3 Å². The molecule has 0 saturated carbocycles. The van der Waals surface area contributed by atoms with E-state index in [1.165, 1.54) is 22.2 Å². The largest absolute Gasteiger partial charge is 0.396 e. The van der Waals surface area contributed by atoms with E-state index in [0.29, 0.717) is 0 Å². The van der Waals surface area contributed by atoms with Gasteiger partial charge < -0.3 is 15.0 Å². The maximum atomic E-state index is 9.78. The average molecular weight is 371 g/mol. The number of hydrogen-bond donors (Lipinski definition) is 2.